The van der Waals surface area contributed by atoms with Crippen LogP contribution in [0.5, 0.6) is 0 Å². The molecule has 0 rings (SSSR count). The Bertz CT molecular complexity index is 211. The third-order valence-corrected chi connectivity index (χ3v) is 0. The summed E-state index contributed by atoms with van der Waals surface area (Å²) in [6.45, 7) is 0. The maximum absolute atomic E-state index is 9.10. The minimum Gasteiger partial charge on any atom is -0.313 e. The topological polar surface area (TPSA) is 251 Å². The van der Waals surface area contributed by atoms with Crippen LogP contribution < -0.4 is 16.5 Å². The van der Waals surface area contributed by atoms with Gasteiger partial charge in [-0.3, -0.25) is 0 Å². The van der Waals surface area contributed by atoms with Gasteiger partial charge in [-0.25, -0.2) is 30.2 Å². The Kier molecular flexibility index (Phi) is 22.2. The van der Waals surface area contributed by atoms with E-state index < -0.39 is 23.2 Å². The summed E-state index contributed by atoms with van der Waals surface area (Å²) >= 11 is 0. The van der Waals surface area contributed by atoms with Crippen LogP contribution in [0.3, 0.4) is 0 Å². The zero-order chi connectivity index (χ0) is 13.5. The van der Waals surface area contributed by atoms with Gasteiger partial charge in [0.2, 0.25) is 0 Å². The molecule has 0 fully saturated rings. The van der Waals surface area contributed by atoms with Gasteiger partial charge >= 0.3 is 23.2 Å². The zero-order valence-electron chi connectivity index (χ0n) is 8.40. The van der Waals surface area contributed by atoms with E-state index in [1.807, 2.05) is 0 Å². The van der Waals surface area contributed by atoms with Crippen LogP contribution in [-0.2, 0) is 13.7 Å². The lowest BCUT2D eigenvalue weighted by atomic mass is 13.9. The molecule has 0 amide bonds. The third-order valence-electron chi connectivity index (χ3n) is 0. The summed E-state index contributed by atoms with van der Waals surface area (Å²) in [5.74, 6) is 0. The Morgan fingerprint density at radius 3 is 0.529 bits per heavy atom. The van der Waals surface area contributed by atoms with Gasteiger partial charge in [0, 0.05) is 0 Å². The van der Waals surface area contributed by atoms with Crippen molar-refractivity contribution in [1.82, 2.24) is 0 Å². The zero-order valence-corrected chi connectivity index (χ0v) is 13.9. The van der Waals surface area contributed by atoms with Crippen molar-refractivity contribution < 1.29 is 43.1 Å². The summed E-state index contributed by atoms with van der Waals surface area (Å²) < 4.78 is 27.3. The molecule has 0 bridgehead atoms. The predicted molar refractivity (Wildman–Crippen MR) is 70.9 cm³/mol. The fourth-order valence-electron chi connectivity index (χ4n) is 0. The molecule has 17 heavy (non-hydrogen) atoms. The molecule has 0 aliphatic rings. The Morgan fingerprint density at radius 1 is 0.529 bits per heavy atom. The molecule has 17 heteroatoms. The molecule has 112 valence electrons. The van der Waals surface area contributed by atoms with E-state index in [0.29, 0.717) is 0 Å². The molecule has 12 nitrogen and oxygen atoms in total. The first-order valence-electron chi connectivity index (χ1n) is 2.52. The van der Waals surface area contributed by atoms with Crippen molar-refractivity contribution >= 4 is 43.0 Å². The molecule has 0 aromatic carbocycles. The Hall–Kier alpha value is 1.19. The van der Waals surface area contributed by atoms with Gasteiger partial charge in [0.25, 0.3) is 0 Å². The number of nitrogens with two attached hydrogens (primary N) is 3. The van der Waals surface area contributed by atoms with Crippen molar-refractivity contribution in [3.05, 3.63) is 0 Å². The SMILES string of the molecule is NP(=O)(O)O.NP(=O)(O)O.NP(=O)(O)O.P.P. The minimum absolute atomic E-state index is 0. The monoisotopic (exact) mass is 359 g/mol. The highest BCUT2D eigenvalue weighted by atomic mass is 31.2. The van der Waals surface area contributed by atoms with Gasteiger partial charge in [0.15, 0.2) is 0 Å². The van der Waals surface area contributed by atoms with E-state index in [4.69, 9.17) is 43.1 Å². The van der Waals surface area contributed by atoms with E-state index in [1.54, 1.807) is 0 Å². The van der Waals surface area contributed by atoms with Gasteiger partial charge in [-0.15, -0.1) is 0 Å². The first kappa shape index (κ1) is 30.9. The normalized spacial score (nSPS) is 10.4. The molecule has 0 aliphatic heterocycles. The van der Waals surface area contributed by atoms with Gasteiger partial charge in [0.05, 0.1) is 0 Å². The molecule has 0 saturated carbocycles. The van der Waals surface area contributed by atoms with Crippen LogP contribution in [0.15, 0.2) is 0 Å². The summed E-state index contributed by atoms with van der Waals surface area (Å²) in [7, 11) is -12.4. The number of hydrogen-bond donors (Lipinski definition) is 9. The highest BCUT2D eigenvalue weighted by Gasteiger charge is 1.97. The van der Waals surface area contributed by atoms with Gasteiger partial charge < -0.3 is 29.4 Å². The second kappa shape index (κ2) is 12.2. The van der Waals surface area contributed by atoms with Gasteiger partial charge in [-0.1, -0.05) is 0 Å². The molecule has 0 aromatic heterocycles. The second-order valence-electron chi connectivity index (χ2n) is 1.77. The Morgan fingerprint density at radius 2 is 0.529 bits per heavy atom. The van der Waals surface area contributed by atoms with Crippen molar-refractivity contribution in [2.75, 3.05) is 0 Å². The number of rotatable bonds is 0. The Balaban J connectivity index is -0.0000000400. The number of hydrogen-bond acceptors (Lipinski definition) is 3. The van der Waals surface area contributed by atoms with E-state index in [1.165, 1.54) is 0 Å². The molecule has 0 aromatic rings. The molecule has 2 atom stereocenters. The summed E-state index contributed by atoms with van der Waals surface area (Å²) in [4.78, 5) is 44.5. The summed E-state index contributed by atoms with van der Waals surface area (Å²) in [5.41, 5.74) is 12.1. The van der Waals surface area contributed by atoms with Gasteiger partial charge in [0.1, 0.15) is 0 Å². The quantitative estimate of drug-likeness (QED) is 0.199. The first-order valence-corrected chi connectivity index (χ1v) is 7.57. The van der Waals surface area contributed by atoms with E-state index in [9.17, 15) is 0 Å². The summed E-state index contributed by atoms with van der Waals surface area (Å²) in [5, 5.41) is 0. The fraction of sp³-hybridized carbons (Fsp3) is 0. The lowest BCUT2D eigenvalue weighted by Gasteiger charge is -1.84. The van der Waals surface area contributed by atoms with Crippen LogP contribution in [0.2, 0.25) is 0 Å². The van der Waals surface area contributed by atoms with Crippen molar-refractivity contribution in [2.45, 2.75) is 0 Å². The lowest BCUT2D eigenvalue weighted by Crippen LogP contribution is -1.87. The van der Waals surface area contributed by atoms with E-state index in [0.717, 1.165) is 0 Å². The Labute approximate surface area is 103 Å². The maximum atomic E-state index is 9.10. The van der Waals surface area contributed by atoms with Crippen molar-refractivity contribution in [3.63, 3.8) is 0 Å². The van der Waals surface area contributed by atoms with Crippen molar-refractivity contribution in [2.24, 2.45) is 16.5 Å². The highest BCUT2D eigenvalue weighted by Crippen LogP contribution is 2.20. The van der Waals surface area contributed by atoms with Crippen LogP contribution in [0.4, 0.5) is 0 Å². The van der Waals surface area contributed by atoms with Crippen molar-refractivity contribution in [1.29, 1.82) is 0 Å². The molecule has 2 unspecified atom stereocenters. The molecule has 12 N–H and O–H groups in total. The van der Waals surface area contributed by atoms with Crippen molar-refractivity contribution in [3.8, 4) is 0 Å². The average molecular weight is 359 g/mol. The molecule has 0 spiro atoms. The predicted octanol–water partition coefficient (Wildman–Crippen LogP) is -2.77. The van der Waals surface area contributed by atoms with Gasteiger partial charge in [-0.2, -0.15) is 19.8 Å². The van der Waals surface area contributed by atoms with Gasteiger partial charge in [-0.05, 0) is 0 Å². The standard InChI is InChI=1S/3H4NO3P.2H3P/c3*1-5(2,3)4;;/h3*(H4,1,2,3,4);2*1H3. The average Bonchev–Trinajstić information content (AvgIpc) is 1.41. The largest absolute Gasteiger partial charge is 0.397 e. The van der Waals surface area contributed by atoms with E-state index >= 15 is 0 Å². The van der Waals surface area contributed by atoms with Crippen LogP contribution >= 0.6 is 43.0 Å². The van der Waals surface area contributed by atoms with Crippen LogP contribution in [0, 0.1) is 0 Å². The van der Waals surface area contributed by atoms with Crippen LogP contribution in [-0.4, -0.2) is 29.4 Å². The molecule has 0 radical (unpaired) electrons. The summed E-state index contributed by atoms with van der Waals surface area (Å²) in [6, 6.07) is 0. The van der Waals surface area contributed by atoms with E-state index in [-0.39, 0.29) is 19.8 Å². The second-order valence-corrected chi connectivity index (χ2v) is 5.30. The molecule has 0 aliphatic carbocycles. The van der Waals surface area contributed by atoms with Crippen LogP contribution in [0.25, 0.3) is 0 Å². The lowest BCUT2D eigenvalue weighted by molar-refractivity contribution is 0.372. The van der Waals surface area contributed by atoms with Crippen LogP contribution in [0.1, 0.15) is 0 Å². The highest BCUT2D eigenvalue weighted by molar-refractivity contribution is 7.49. The minimum atomic E-state index is -4.14. The molecule has 0 saturated heterocycles. The third kappa shape index (κ3) is 2800. The maximum Gasteiger partial charge on any atom is 0.397 e. The molecular formula is H18N3O9P5. The fourth-order valence-corrected chi connectivity index (χ4v) is 0. The first-order chi connectivity index (χ1) is 6.00. The smallest absolute Gasteiger partial charge is 0.313 e. The summed E-state index contributed by atoms with van der Waals surface area (Å²) in [6.07, 6.45) is 0. The molecule has 0 heterocycles. The molecular weight excluding hydrogens is 341 g/mol. The van der Waals surface area contributed by atoms with E-state index in [2.05, 4.69) is 16.5 Å².